The highest BCUT2D eigenvalue weighted by molar-refractivity contribution is 9.10. The number of rotatable bonds is 5. The van der Waals surface area contributed by atoms with Gasteiger partial charge in [-0.15, -0.1) is 0 Å². The Morgan fingerprint density at radius 1 is 1.42 bits per heavy atom. The normalized spacial score (nSPS) is 12.6. The first-order valence-corrected chi connectivity index (χ1v) is 7.19. The molecule has 0 amide bonds. The first-order chi connectivity index (χ1) is 9.13. The maximum atomic E-state index is 5.32. The average Bonchev–Trinajstić information content (AvgIpc) is 2.84. The predicted molar refractivity (Wildman–Crippen MR) is 79.0 cm³/mol. The summed E-state index contributed by atoms with van der Waals surface area (Å²) in [6.45, 7) is 4.18. The molecule has 1 heterocycles. The molecular weight excluding hydrogens is 306 g/mol. The molecule has 1 aromatic heterocycles. The molecule has 102 valence electrons. The maximum absolute atomic E-state index is 5.32. The SMILES string of the molecule is CCC(Cc1nc(-c2ccc(C)cc2Br)no1)NC. The van der Waals surface area contributed by atoms with Crippen LogP contribution in [-0.2, 0) is 6.42 Å². The number of nitrogens with one attached hydrogen (secondary N) is 1. The van der Waals surface area contributed by atoms with Gasteiger partial charge in [0.05, 0.1) is 0 Å². The number of halogens is 1. The van der Waals surface area contributed by atoms with Gasteiger partial charge in [-0.2, -0.15) is 4.98 Å². The molecule has 1 aromatic carbocycles. The van der Waals surface area contributed by atoms with Crippen molar-refractivity contribution in [3.05, 3.63) is 34.1 Å². The molecular formula is C14H18BrN3O. The summed E-state index contributed by atoms with van der Waals surface area (Å²) < 4.78 is 6.30. The summed E-state index contributed by atoms with van der Waals surface area (Å²) in [5.41, 5.74) is 2.15. The first kappa shape index (κ1) is 14.2. The number of hydrogen-bond donors (Lipinski definition) is 1. The summed E-state index contributed by atoms with van der Waals surface area (Å²) in [4.78, 5) is 4.46. The second-order valence-electron chi connectivity index (χ2n) is 4.59. The number of aromatic nitrogens is 2. The van der Waals surface area contributed by atoms with E-state index < -0.39 is 0 Å². The minimum Gasteiger partial charge on any atom is -0.339 e. The molecule has 2 rings (SSSR count). The van der Waals surface area contributed by atoms with Crippen LogP contribution >= 0.6 is 15.9 Å². The van der Waals surface area contributed by atoms with E-state index in [0.717, 1.165) is 22.9 Å². The maximum Gasteiger partial charge on any atom is 0.228 e. The van der Waals surface area contributed by atoms with E-state index in [4.69, 9.17) is 4.52 Å². The van der Waals surface area contributed by atoms with E-state index >= 15 is 0 Å². The van der Waals surface area contributed by atoms with Gasteiger partial charge in [0.1, 0.15) is 0 Å². The monoisotopic (exact) mass is 323 g/mol. The predicted octanol–water partition coefficient (Wildman–Crippen LogP) is 3.35. The van der Waals surface area contributed by atoms with Crippen LogP contribution in [0.2, 0.25) is 0 Å². The van der Waals surface area contributed by atoms with Crippen LogP contribution in [0.5, 0.6) is 0 Å². The number of hydrogen-bond acceptors (Lipinski definition) is 4. The smallest absolute Gasteiger partial charge is 0.228 e. The molecule has 1 atom stereocenters. The Bertz CT molecular complexity index is 549. The molecule has 2 aromatic rings. The molecule has 0 spiro atoms. The van der Waals surface area contributed by atoms with E-state index in [-0.39, 0.29) is 0 Å². The highest BCUT2D eigenvalue weighted by atomic mass is 79.9. The second kappa shape index (κ2) is 6.30. The third-order valence-corrected chi connectivity index (χ3v) is 3.81. The van der Waals surface area contributed by atoms with Crippen LogP contribution in [0.1, 0.15) is 24.8 Å². The number of benzene rings is 1. The molecule has 1 N–H and O–H groups in total. The molecule has 0 fully saturated rings. The lowest BCUT2D eigenvalue weighted by Crippen LogP contribution is -2.26. The number of aryl methyl sites for hydroxylation is 1. The fraction of sp³-hybridized carbons (Fsp3) is 0.429. The van der Waals surface area contributed by atoms with Gasteiger partial charge in [-0.25, -0.2) is 0 Å². The number of likely N-dealkylation sites (N-methyl/N-ethyl adjacent to an activating group) is 1. The van der Waals surface area contributed by atoms with Crippen molar-refractivity contribution in [1.82, 2.24) is 15.5 Å². The van der Waals surface area contributed by atoms with Crippen molar-refractivity contribution in [3.8, 4) is 11.4 Å². The van der Waals surface area contributed by atoms with E-state index in [1.54, 1.807) is 0 Å². The minimum atomic E-state index is 0.370. The zero-order chi connectivity index (χ0) is 13.8. The van der Waals surface area contributed by atoms with Gasteiger partial charge in [0, 0.05) is 22.5 Å². The van der Waals surface area contributed by atoms with Gasteiger partial charge in [-0.3, -0.25) is 0 Å². The zero-order valence-corrected chi connectivity index (χ0v) is 13.0. The van der Waals surface area contributed by atoms with E-state index in [2.05, 4.69) is 45.2 Å². The van der Waals surface area contributed by atoms with Crippen molar-refractivity contribution in [2.45, 2.75) is 32.7 Å². The van der Waals surface area contributed by atoms with Gasteiger partial charge in [0.15, 0.2) is 0 Å². The van der Waals surface area contributed by atoms with Crippen molar-refractivity contribution < 1.29 is 4.52 Å². The molecule has 0 radical (unpaired) electrons. The van der Waals surface area contributed by atoms with Crippen molar-refractivity contribution in [1.29, 1.82) is 0 Å². The van der Waals surface area contributed by atoms with Crippen LogP contribution in [-0.4, -0.2) is 23.2 Å². The van der Waals surface area contributed by atoms with Crippen LogP contribution in [0, 0.1) is 6.92 Å². The first-order valence-electron chi connectivity index (χ1n) is 6.40. The standard InChI is InChI=1S/C14H18BrN3O/c1-4-10(16-3)8-13-17-14(18-19-13)11-6-5-9(2)7-12(11)15/h5-7,10,16H,4,8H2,1-3H3. The molecule has 0 saturated carbocycles. The summed E-state index contributed by atoms with van der Waals surface area (Å²) in [5.74, 6) is 1.30. The quantitative estimate of drug-likeness (QED) is 0.916. The number of nitrogens with zero attached hydrogens (tertiary/aromatic N) is 2. The molecule has 19 heavy (non-hydrogen) atoms. The Kier molecular flexibility index (Phi) is 4.71. The molecule has 5 heteroatoms. The molecule has 0 bridgehead atoms. The largest absolute Gasteiger partial charge is 0.339 e. The Labute approximate surface area is 121 Å². The highest BCUT2D eigenvalue weighted by Crippen LogP contribution is 2.27. The van der Waals surface area contributed by atoms with Gasteiger partial charge in [0.2, 0.25) is 11.7 Å². The van der Waals surface area contributed by atoms with Crippen molar-refractivity contribution in [3.63, 3.8) is 0 Å². The van der Waals surface area contributed by atoms with Gasteiger partial charge in [0.25, 0.3) is 0 Å². The topological polar surface area (TPSA) is 51.0 Å². The fourth-order valence-corrected chi connectivity index (χ4v) is 2.58. The highest BCUT2D eigenvalue weighted by Gasteiger charge is 2.14. The lowest BCUT2D eigenvalue weighted by molar-refractivity contribution is 0.359. The van der Waals surface area contributed by atoms with Crippen molar-refractivity contribution in [2.24, 2.45) is 0 Å². The molecule has 0 aliphatic heterocycles. The molecule has 0 aliphatic carbocycles. The molecule has 1 unspecified atom stereocenters. The summed E-state index contributed by atoms with van der Waals surface area (Å²) in [5, 5.41) is 7.29. The van der Waals surface area contributed by atoms with E-state index in [1.807, 2.05) is 25.2 Å². The fourth-order valence-electron chi connectivity index (χ4n) is 1.91. The molecule has 4 nitrogen and oxygen atoms in total. The van der Waals surface area contributed by atoms with E-state index in [9.17, 15) is 0 Å². The van der Waals surface area contributed by atoms with Gasteiger partial charge < -0.3 is 9.84 Å². The summed E-state index contributed by atoms with van der Waals surface area (Å²) in [6.07, 6.45) is 1.78. The molecule has 0 saturated heterocycles. The zero-order valence-electron chi connectivity index (χ0n) is 11.4. The average molecular weight is 324 g/mol. The summed E-state index contributed by atoms with van der Waals surface area (Å²) >= 11 is 3.54. The lowest BCUT2D eigenvalue weighted by Gasteiger charge is -2.09. The molecule has 0 aliphatic rings. The second-order valence-corrected chi connectivity index (χ2v) is 5.45. The lowest BCUT2D eigenvalue weighted by atomic mass is 10.1. The third kappa shape index (κ3) is 3.42. The van der Waals surface area contributed by atoms with E-state index in [0.29, 0.717) is 17.8 Å². The Hall–Kier alpha value is -1.20. The third-order valence-electron chi connectivity index (χ3n) is 3.16. The van der Waals surface area contributed by atoms with Gasteiger partial charge in [-0.05, 0) is 38.1 Å². The van der Waals surface area contributed by atoms with Gasteiger partial charge >= 0.3 is 0 Å². The van der Waals surface area contributed by atoms with E-state index in [1.165, 1.54) is 5.56 Å². The van der Waals surface area contributed by atoms with Crippen LogP contribution in [0.4, 0.5) is 0 Å². The van der Waals surface area contributed by atoms with Crippen LogP contribution in [0.25, 0.3) is 11.4 Å². The Morgan fingerprint density at radius 3 is 2.84 bits per heavy atom. The van der Waals surface area contributed by atoms with Crippen molar-refractivity contribution >= 4 is 15.9 Å². The summed E-state index contributed by atoms with van der Waals surface area (Å²) in [7, 11) is 1.95. The Morgan fingerprint density at radius 2 is 2.21 bits per heavy atom. The van der Waals surface area contributed by atoms with Crippen LogP contribution < -0.4 is 5.32 Å². The minimum absolute atomic E-state index is 0.370. The summed E-state index contributed by atoms with van der Waals surface area (Å²) in [6, 6.07) is 6.46. The van der Waals surface area contributed by atoms with Crippen LogP contribution in [0.3, 0.4) is 0 Å². The Balaban J connectivity index is 2.20. The van der Waals surface area contributed by atoms with Crippen LogP contribution in [0.15, 0.2) is 27.2 Å². The van der Waals surface area contributed by atoms with Crippen molar-refractivity contribution in [2.75, 3.05) is 7.05 Å². The van der Waals surface area contributed by atoms with Gasteiger partial charge in [-0.1, -0.05) is 34.1 Å².